The molecular formula is C18H24N2O6S. The van der Waals surface area contributed by atoms with Crippen LogP contribution in [0.2, 0.25) is 0 Å². The molecule has 2 fully saturated rings. The number of hydrogen-bond donors (Lipinski definition) is 1. The first-order valence-corrected chi connectivity index (χ1v) is 10.4. The fraction of sp³-hybridized carbons (Fsp3) is 0.556. The lowest BCUT2D eigenvalue weighted by atomic mass is 9.97. The molecule has 9 heteroatoms. The Kier molecular flexibility index (Phi) is 5.83. The predicted molar refractivity (Wildman–Crippen MR) is 96.6 cm³/mol. The first-order valence-electron chi connectivity index (χ1n) is 8.98. The molecule has 0 bridgehead atoms. The smallest absolute Gasteiger partial charge is 0.328 e. The van der Waals surface area contributed by atoms with E-state index in [1.54, 1.807) is 24.3 Å². The van der Waals surface area contributed by atoms with E-state index < -0.39 is 28.0 Å². The highest BCUT2D eigenvalue weighted by Gasteiger charge is 2.39. The van der Waals surface area contributed by atoms with E-state index in [1.807, 2.05) is 6.92 Å². The Balaban J connectivity index is 1.76. The summed E-state index contributed by atoms with van der Waals surface area (Å²) in [5, 5.41) is 9.33. The fourth-order valence-electron chi connectivity index (χ4n) is 3.53. The maximum absolute atomic E-state index is 12.9. The number of carbonyl (C=O) groups excluding carboxylic acids is 1. The average molecular weight is 396 g/mol. The van der Waals surface area contributed by atoms with E-state index in [-0.39, 0.29) is 37.1 Å². The summed E-state index contributed by atoms with van der Waals surface area (Å²) in [5.74, 6) is -1.96. The number of ether oxygens (including phenoxy) is 1. The maximum atomic E-state index is 12.9. The summed E-state index contributed by atoms with van der Waals surface area (Å²) in [4.78, 5) is 25.8. The van der Waals surface area contributed by atoms with Crippen molar-refractivity contribution >= 4 is 21.9 Å². The van der Waals surface area contributed by atoms with Crippen LogP contribution in [0.25, 0.3) is 0 Å². The van der Waals surface area contributed by atoms with Crippen molar-refractivity contribution in [2.45, 2.75) is 30.7 Å². The molecule has 0 aliphatic carbocycles. The van der Waals surface area contributed by atoms with Gasteiger partial charge < -0.3 is 14.7 Å². The third-order valence-electron chi connectivity index (χ3n) is 5.09. The number of carboxylic acids is 1. The molecule has 1 aromatic carbocycles. The van der Waals surface area contributed by atoms with Crippen LogP contribution in [-0.4, -0.2) is 73.5 Å². The summed E-state index contributed by atoms with van der Waals surface area (Å²) in [6.07, 6.45) is 1.10. The SMILES string of the molecule is Cc1ccc(S(=O)(=O)N2CCCC(C(=O)N3CCOCC3C(=O)O)C2)cc1. The molecule has 27 heavy (non-hydrogen) atoms. The Labute approximate surface area is 158 Å². The Bertz CT molecular complexity index is 808. The molecule has 2 atom stereocenters. The lowest BCUT2D eigenvalue weighted by Gasteiger charge is -2.38. The molecule has 148 valence electrons. The summed E-state index contributed by atoms with van der Waals surface area (Å²) < 4.78 is 32.3. The minimum atomic E-state index is -3.68. The largest absolute Gasteiger partial charge is 0.480 e. The third-order valence-corrected chi connectivity index (χ3v) is 6.97. The average Bonchev–Trinajstić information content (AvgIpc) is 2.68. The van der Waals surface area contributed by atoms with Gasteiger partial charge in [0.15, 0.2) is 6.04 Å². The van der Waals surface area contributed by atoms with E-state index in [9.17, 15) is 23.1 Å². The van der Waals surface area contributed by atoms with Crippen LogP contribution in [0.3, 0.4) is 0 Å². The first kappa shape index (κ1) is 19.8. The van der Waals surface area contributed by atoms with Gasteiger partial charge in [0, 0.05) is 19.6 Å². The van der Waals surface area contributed by atoms with E-state index in [1.165, 1.54) is 9.21 Å². The van der Waals surface area contributed by atoms with Crippen LogP contribution in [0.1, 0.15) is 18.4 Å². The third kappa shape index (κ3) is 4.15. The van der Waals surface area contributed by atoms with Gasteiger partial charge in [-0.25, -0.2) is 13.2 Å². The predicted octanol–water partition coefficient (Wildman–Crippen LogP) is 0.708. The molecule has 2 heterocycles. The van der Waals surface area contributed by atoms with Crippen molar-refractivity contribution in [1.29, 1.82) is 0 Å². The van der Waals surface area contributed by atoms with Gasteiger partial charge in [-0.05, 0) is 31.9 Å². The highest BCUT2D eigenvalue weighted by Crippen LogP contribution is 2.26. The van der Waals surface area contributed by atoms with Crippen LogP contribution in [0.4, 0.5) is 0 Å². The second-order valence-corrected chi connectivity index (χ2v) is 8.91. The number of rotatable bonds is 4. The number of carboxylic acid groups (broad SMARTS) is 1. The van der Waals surface area contributed by atoms with Crippen molar-refractivity contribution in [3.05, 3.63) is 29.8 Å². The van der Waals surface area contributed by atoms with Crippen molar-refractivity contribution in [2.24, 2.45) is 5.92 Å². The summed E-state index contributed by atoms with van der Waals surface area (Å²) >= 11 is 0. The molecule has 2 aliphatic rings. The van der Waals surface area contributed by atoms with E-state index in [4.69, 9.17) is 4.74 Å². The Morgan fingerprint density at radius 2 is 1.89 bits per heavy atom. The number of carbonyl (C=O) groups is 2. The second kappa shape index (κ2) is 7.95. The number of aliphatic carboxylic acids is 1. The van der Waals surface area contributed by atoms with Crippen molar-refractivity contribution in [1.82, 2.24) is 9.21 Å². The Morgan fingerprint density at radius 1 is 1.19 bits per heavy atom. The number of aryl methyl sites for hydroxylation is 1. The minimum Gasteiger partial charge on any atom is -0.480 e. The molecule has 1 aromatic rings. The van der Waals surface area contributed by atoms with Crippen molar-refractivity contribution < 1.29 is 27.9 Å². The van der Waals surface area contributed by atoms with Crippen LogP contribution < -0.4 is 0 Å². The quantitative estimate of drug-likeness (QED) is 0.804. The molecule has 1 N–H and O–H groups in total. The van der Waals surface area contributed by atoms with Crippen molar-refractivity contribution in [3.63, 3.8) is 0 Å². The molecule has 1 amide bonds. The second-order valence-electron chi connectivity index (χ2n) is 6.98. The molecule has 2 unspecified atom stereocenters. The van der Waals surface area contributed by atoms with Gasteiger partial charge in [-0.3, -0.25) is 4.79 Å². The van der Waals surface area contributed by atoms with Gasteiger partial charge in [-0.1, -0.05) is 17.7 Å². The number of benzene rings is 1. The van der Waals surface area contributed by atoms with E-state index in [2.05, 4.69) is 0 Å². The van der Waals surface area contributed by atoms with E-state index in [0.29, 0.717) is 19.4 Å². The van der Waals surface area contributed by atoms with Crippen molar-refractivity contribution in [3.8, 4) is 0 Å². The summed E-state index contributed by atoms with van der Waals surface area (Å²) in [6, 6.07) is 5.60. The van der Waals surface area contributed by atoms with Gasteiger partial charge in [-0.2, -0.15) is 4.31 Å². The Morgan fingerprint density at radius 3 is 2.56 bits per heavy atom. The van der Waals surface area contributed by atoms with Crippen LogP contribution >= 0.6 is 0 Å². The zero-order chi connectivity index (χ0) is 19.6. The highest BCUT2D eigenvalue weighted by molar-refractivity contribution is 7.89. The van der Waals surface area contributed by atoms with Crippen LogP contribution in [0, 0.1) is 12.8 Å². The highest BCUT2D eigenvalue weighted by atomic mass is 32.2. The van der Waals surface area contributed by atoms with Gasteiger partial charge in [0.25, 0.3) is 0 Å². The molecule has 0 aromatic heterocycles. The fourth-order valence-corrected chi connectivity index (χ4v) is 5.05. The zero-order valence-corrected chi connectivity index (χ0v) is 16.0. The minimum absolute atomic E-state index is 0.0425. The van der Waals surface area contributed by atoms with Gasteiger partial charge >= 0.3 is 5.97 Å². The molecule has 3 rings (SSSR count). The van der Waals surface area contributed by atoms with Gasteiger partial charge in [-0.15, -0.1) is 0 Å². The maximum Gasteiger partial charge on any atom is 0.328 e. The molecule has 2 saturated heterocycles. The van der Waals surface area contributed by atoms with Crippen LogP contribution in [0.15, 0.2) is 29.2 Å². The molecule has 0 radical (unpaired) electrons. The number of piperidine rings is 1. The molecule has 2 aliphatic heterocycles. The van der Waals surface area contributed by atoms with Gasteiger partial charge in [0.1, 0.15) is 0 Å². The first-order chi connectivity index (χ1) is 12.8. The normalized spacial score (nSPS) is 24.6. The monoisotopic (exact) mass is 396 g/mol. The summed E-state index contributed by atoms with van der Waals surface area (Å²) in [5.41, 5.74) is 0.965. The molecule has 0 spiro atoms. The van der Waals surface area contributed by atoms with Crippen LogP contribution in [0.5, 0.6) is 0 Å². The number of nitrogens with zero attached hydrogens (tertiary/aromatic N) is 2. The van der Waals surface area contributed by atoms with E-state index in [0.717, 1.165) is 5.56 Å². The molecular weight excluding hydrogens is 372 g/mol. The molecule has 8 nitrogen and oxygen atoms in total. The van der Waals surface area contributed by atoms with Crippen LogP contribution in [-0.2, 0) is 24.3 Å². The zero-order valence-electron chi connectivity index (χ0n) is 15.2. The van der Waals surface area contributed by atoms with E-state index >= 15 is 0 Å². The number of sulfonamides is 1. The Hall–Kier alpha value is -1.97. The van der Waals surface area contributed by atoms with Gasteiger partial charge in [0.05, 0.1) is 24.0 Å². The number of hydrogen-bond acceptors (Lipinski definition) is 5. The summed E-state index contributed by atoms with van der Waals surface area (Å²) in [6.45, 7) is 2.75. The lowest BCUT2D eigenvalue weighted by molar-refractivity contribution is -0.160. The summed E-state index contributed by atoms with van der Waals surface area (Å²) in [7, 11) is -3.68. The number of amides is 1. The van der Waals surface area contributed by atoms with Crippen molar-refractivity contribution in [2.75, 3.05) is 32.8 Å². The standard InChI is InChI=1S/C18H24N2O6S/c1-13-4-6-15(7-5-13)27(24,25)19-8-2-3-14(11-19)17(21)20-9-10-26-12-16(20)18(22)23/h4-7,14,16H,2-3,8-12H2,1H3,(H,22,23). The lowest BCUT2D eigenvalue weighted by Crippen LogP contribution is -2.56. The van der Waals surface area contributed by atoms with Gasteiger partial charge in [0.2, 0.25) is 15.9 Å². The molecule has 0 saturated carbocycles. The topological polar surface area (TPSA) is 104 Å². The number of morpholine rings is 1.